The summed E-state index contributed by atoms with van der Waals surface area (Å²) < 4.78 is 1.76. The van der Waals surface area contributed by atoms with Gasteiger partial charge < -0.3 is 9.67 Å². The van der Waals surface area contributed by atoms with Gasteiger partial charge >= 0.3 is 5.97 Å². The third kappa shape index (κ3) is 2.99. The molecular formula is C17H16N2O2S. The Kier molecular flexibility index (Phi) is 4.15. The van der Waals surface area contributed by atoms with Gasteiger partial charge in [-0.15, -0.1) is 0 Å². The summed E-state index contributed by atoms with van der Waals surface area (Å²) >= 11 is 1.57. The van der Waals surface area contributed by atoms with Gasteiger partial charge in [0, 0.05) is 5.75 Å². The number of thioether (sulfide) groups is 1. The molecule has 1 aromatic heterocycles. The molecule has 3 aromatic rings. The minimum absolute atomic E-state index is 0.0728. The fourth-order valence-electron chi connectivity index (χ4n) is 2.37. The summed E-state index contributed by atoms with van der Waals surface area (Å²) in [6.45, 7) is 2.01. The van der Waals surface area contributed by atoms with E-state index >= 15 is 0 Å². The van der Waals surface area contributed by atoms with Gasteiger partial charge in [0.05, 0.1) is 11.0 Å². The van der Waals surface area contributed by atoms with Crippen molar-refractivity contribution in [2.75, 3.05) is 0 Å². The number of imidazole rings is 1. The SMILES string of the molecule is Cc1ccccc1CSc1nc2ccccc2n1CC(=O)O. The lowest BCUT2D eigenvalue weighted by molar-refractivity contribution is -0.137. The van der Waals surface area contributed by atoms with E-state index in [1.54, 1.807) is 16.3 Å². The number of nitrogens with zero attached hydrogens (tertiary/aromatic N) is 2. The first kappa shape index (κ1) is 14.7. The molecule has 0 fully saturated rings. The normalized spacial score (nSPS) is 11.0. The minimum atomic E-state index is -0.860. The second-order valence-corrected chi connectivity index (χ2v) is 6.02. The van der Waals surface area contributed by atoms with Crippen molar-refractivity contribution in [3.05, 3.63) is 59.7 Å². The van der Waals surface area contributed by atoms with E-state index in [0.29, 0.717) is 0 Å². The van der Waals surface area contributed by atoms with E-state index in [1.165, 1.54) is 11.1 Å². The fraction of sp³-hybridized carbons (Fsp3) is 0.176. The van der Waals surface area contributed by atoms with Crippen LogP contribution in [0.25, 0.3) is 11.0 Å². The Balaban J connectivity index is 1.92. The quantitative estimate of drug-likeness (QED) is 0.730. The smallest absolute Gasteiger partial charge is 0.323 e. The van der Waals surface area contributed by atoms with Gasteiger partial charge in [-0.2, -0.15) is 0 Å². The maximum absolute atomic E-state index is 11.1. The molecule has 0 aliphatic carbocycles. The first-order valence-corrected chi connectivity index (χ1v) is 7.98. The van der Waals surface area contributed by atoms with Crippen LogP contribution in [0.2, 0.25) is 0 Å². The van der Waals surface area contributed by atoms with Crippen molar-refractivity contribution in [2.24, 2.45) is 0 Å². The van der Waals surface area contributed by atoms with Crippen LogP contribution in [0.4, 0.5) is 0 Å². The molecule has 5 heteroatoms. The average molecular weight is 312 g/mol. The molecular weight excluding hydrogens is 296 g/mol. The molecule has 0 aliphatic rings. The van der Waals surface area contributed by atoms with E-state index in [0.717, 1.165) is 21.9 Å². The van der Waals surface area contributed by atoms with Crippen molar-refractivity contribution < 1.29 is 9.90 Å². The van der Waals surface area contributed by atoms with Crippen LogP contribution in [-0.4, -0.2) is 20.6 Å². The Labute approximate surface area is 132 Å². The number of aromatic nitrogens is 2. The number of aliphatic carboxylic acids is 1. The van der Waals surface area contributed by atoms with Crippen LogP contribution >= 0.6 is 11.8 Å². The molecule has 1 N–H and O–H groups in total. The predicted molar refractivity (Wildman–Crippen MR) is 88.1 cm³/mol. The molecule has 2 aromatic carbocycles. The van der Waals surface area contributed by atoms with Gasteiger partial charge in [-0.3, -0.25) is 4.79 Å². The lowest BCUT2D eigenvalue weighted by Gasteiger charge is -2.07. The van der Waals surface area contributed by atoms with Crippen molar-refractivity contribution in [1.29, 1.82) is 0 Å². The fourth-order valence-corrected chi connectivity index (χ4v) is 3.46. The molecule has 0 amide bonds. The molecule has 0 aliphatic heterocycles. The Morgan fingerprint density at radius 1 is 1.18 bits per heavy atom. The van der Waals surface area contributed by atoms with Crippen LogP contribution in [-0.2, 0) is 17.1 Å². The Morgan fingerprint density at radius 2 is 1.91 bits per heavy atom. The van der Waals surface area contributed by atoms with Crippen molar-refractivity contribution in [3.63, 3.8) is 0 Å². The molecule has 0 saturated carbocycles. The van der Waals surface area contributed by atoms with Crippen LogP contribution in [0, 0.1) is 6.92 Å². The maximum atomic E-state index is 11.1. The first-order valence-electron chi connectivity index (χ1n) is 6.99. The summed E-state index contributed by atoms with van der Waals surface area (Å²) in [5.74, 6) is -0.0869. The standard InChI is InChI=1S/C17H16N2O2S/c1-12-6-2-3-7-13(12)11-22-17-18-14-8-4-5-9-15(14)19(17)10-16(20)21/h2-9H,10-11H2,1H3,(H,20,21). The number of hydrogen-bond acceptors (Lipinski definition) is 3. The first-order chi connectivity index (χ1) is 10.6. The van der Waals surface area contributed by atoms with Crippen LogP contribution in [0.5, 0.6) is 0 Å². The molecule has 0 atom stereocenters. The highest BCUT2D eigenvalue weighted by molar-refractivity contribution is 7.98. The van der Waals surface area contributed by atoms with E-state index in [-0.39, 0.29) is 6.54 Å². The molecule has 22 heavy (non-hydrogen) atoms. The number of rotatable bonds is 5. The van der Waals surface area contributed by atoms with Crippen LogP contribution in [0.3, 0.4) is 0 Å². The minimum Gasteiger partial charge on any atom is -0.480 e. The summed E-state index contributed by atoms with van der Waals surface area (Å²) in [5.41, 5.74) is 4.16. The van der Waals surface area contributed by atoms with Gasteiger partial charge in [0.25, 0.3) is 0 Å². The van der Waals surface area contributed by atoms with Crippen molar-refractivity contribution >= 4 is 28.8 Å². The zero-order valence-electron chi connectivity index (χ0n) is 12.2. The highest BCUT2D eigenvalue weighted by atomic mass is 32.2. The van der Waals surface area contributed by atoms with E-state index in [2.05, 4.69) is 24.0 Å². The van der Waals surface area contributed by atoms with E-state index in [1.807, 2.05) is 36.4 Å². The summed E-state index contributed by atoms with van der Waals surface area (Å²) in [7, 11) is 0. The summed E-state index contributed by atoms with van der Waals surface area (Å²) in [4.78, 5) is 15.7. The highest BCUT2D eigenvalue weighted by Crippen LogP contribution is 2.27. The number of benzene rings is 2. The van der Waals surface area contributed by atoms with E-state index < -0.39 is 5.97 Å². The molecule has 4 nitrogen and oxygen atoms in total. The number of fused-ring (bicyclic) bond motifs is 1. The van der Waals surface area contributed by atoms with Crippen molar-refractivity contribution in [1.82, 2.24) is 9.55 Å². The van der Waals surface area contributed by atoms with E-state index in [9.17, 15) is 4.79 Å². The van der Waals surface area contributed by atoms with Crippen LogP contribution in [0.1, 0.15) is 11.1 Å². The number of aryl methyl sites for hydroxylation is 1. The number of para-hydroxylation sites is 2. The average Bonchev–Trinajstić information content (AvgIpc) is 2.84. The summed E-state index contributed by atoms with van der Waals surface area (Å²) in [5, 5.41) is 9.88. The molecule has 0 unspecified atom stereocenters. The van der Waals surface area contributed by atoms with Crippen LogP contribution < -0.4 is 0 Å². The van der Waals surface area contributed by atoms with Crippen molar-refractivity contribution in [2.45, 2.75) is 24.4 Å². The second kappa shape index (κ2) is 6.23. The second-order valence-electron chi connectivity index (χ2n) is 5.08. The lowest BCUT2D eigenvalue weighted by Crippen LogP contribution is -2.09. The maximum Gasteiger partial charge on any atom is 0.323 e. The Hall–Kier alpha value is -2.27. The number of hydrogen-bond donors (Lipinski definition) is 1. The summed E-state index contributed by atoms with van der Waals surface area (Å²) in [6, 6.07) is 15.8. The summed E-state index contributed by atoms with van der Waals surface area (Å²) in [6.07, 6.45) is 0. The molecule has 0 saturated heterocycles. The zero-order chi connectivity index (χ0) is 15.5. The molecule has 0 radical (unpaired) electrons. The predicted octanol–water partition coefficient (Wildman–Crippen LogP) is 3.72. The van der Waals surface area contributed by atoms with Gasteiger partial charge in [0.1, 0.15) is 6.54 Å². The highest BCUT2D eigenvalue weighted by Gasteiger charge is 2.13. The van der Waals surface area contributed by atoms with Gasteiger partial charge in [-0.1, -0.05) is 48.2 Å². The van der Waals surface area contributed by atoms with Crippen LogP contribution in [0.15, 0.2) is 53.7 Å². The number of carboxylic acids is 1. The van der Waals surface area contributed by atoms with Gasteiger partial charge in [-0.25, -0.2) is 4.98 Å². The number of carboxylic acid groups (broad SMARTS) is 1. The molecule has 0 bridgehead atoms. The topological polar surface area (TPSA) is 55.1 Å². The number of carbonyl (C=O) groups is 1. The molecule has 0 spiro atoms. The van der Waals surface area contributed by atoms with Gasteiger partial charge in [0.2, 0.25) is 0 Å². The molecule has 112 valence electrons. The Morgan fingerprint density at radius 3 is 2.68 bits per heavy atom. The molecule has 3 rings (SSSR count). The van der Waals surface area contributed by atoms with Gasteiger partial charge in [0.15, 0.2) is 5.16 Å². The third-order valence-corrected chi connectivity index (χ3v) is 4.56. The largest absolute Gasteiger partial charge is 0.480 e. The van der Waals surface area contributed by atoms with Crippen molar-refractivity contribution in [3.8, 4) is 0 Å². The molecule has 1 heterocycles. The monoisotopic (exact) mass is 312 g/mol. The zero-order valence-corrected chi connectivity index (χ0v) is 13.0. The van der Waals surface area contributed by atoms with Gasteiger partial charge in [-0.05, 0) is 30.2 Å². The Bertz CT molecular complexity index is 826. The van der Waals surface area contributed by atoms with E-state index in [4.69, 9.17) is 5.11 Å². The third-order valence-electron chi connectivity index (χ3n) is 3.53. The lowest BCUT2D eigenvalue weighted by atomic mass is 10.1.